The van der Waals surface area contributed by atoms with Crippen LogP contribution in [0.15, 0.2) is 43.0 Å². The Labute approximate surface area is 118 Å². The highest BCUT2D eigenvalue weighted by Gasteiger charge is 2.11. The third kappa shape index (κ3) is 3.24. The van der Waals surface area contributed by atoms with Gasteiger partial charge in [-0.2, -0.15) is 0 Å². The molecule has 3 rings (SSSR count). The largest absolute Gasteiger partial charge is 0.487 e. The molecule has 0 spiro atoms. The van der Waals surface area contributed by atoms with Crippen molar-refractivity contribution in [2.24, 2.45) is 0 Å². The van der Waals surface area contributed by atoms with Gasteiger partial charge in [0.25, 0.3) is 0 Å². The highest BCUT2D eigenvalue weighted by atomic mass is 16.5. The van der Waals surface area contributed by atoms with Gasteiger partial charge in [0.05, 0.1) is 18.1 Å². The zero-order valence-electron chi connectivity index (χ0n) is 11.3. The summed E-state index contributed by atoms with van der Waals surface area (Å²) in [5, 5.41) is 3.35. The van der Waals surface area contributed by atoms with Gasteiger partial charge in [-0.25, -0.2) is 0 Å². The summed E-state index contributed by atoms with van der Waals surface area (Å²) in [6.07, 6.45) is 7.22. The minimum Gasteiger partial charge on any atom is -0.487 e. The number of hydrogen-bond donors (Lipinski definition) is 1. The van der Waals surface area contributed by atoms with Crippen LogP contribution in [0.25, 0.3) is 0 Å². The molecule has 2 aromatic heterocycles. The van der Waals surface area contributed by atoms with E-state index in [-0.39, 0.29) is 0 Å². The van der Waals surface area contributed by atoms with E-state index in [4.69, 9.17) is 4.74 Å². The Balaban J connectivity index is 1.65. The summed E-state index contributed by atoms with van der Waals surface area (Å²) in [6.45, 7) is 4.56. The van der Waals surface area contributed by atoms with Crippen molar-refractivity contribution in [2.75, 3.05) is 31.1 Å². The molecule has 5 heteroatoms. The number of anilines is 1. The van der Waals surface area contributed by atoms with Gasteiger partial charge in [-0.1, -0.05) is 6.07 Å². The maximum atomic E-state index is 5.78. The Bertz CT molecular complexity index is 541. The van der Waals surface area contributed by atoms with Gasteiger partial charge >= 0.3 is 0 Å². The van der Waals surface area contributed by atoms with Gasteiger partial charge in [-0.3, -0.25) is 9.97 Å². The molecule has 0 aromatic carbocycles. The molecule has 104 valence electrons. The lowest BCUT2D eigenvalue weighted by molar-refractivity contribution is 0.304. The first-order chi connectivity index (χ1) is 9.92. The Morgan fingerprint density at radius 2 is 2.05 bits per heavy atom. The van der Waals surface area contributed by atoms with Crippen LogP contribution >= 0.6 is 0 Å². The zero-order chi connectivity index (χ0) is 13.6. The van der Waals surface area contributed by atoms with Crippen molar-refractivity contribution in [3.63, 3.8) is 0 Å². The third-order valence-electron chi connectivity index (χ3n) is 3.31. The molecule has 0 bridgehead atoms. The van der Waals surface area contributed by atoms with Crippen LogP contribution in [-0.2, 0) is 6.61 Å². The highest BCUT2D eigenvalue weighted by Crippen LogP contribution is 2.20. The maximum Gasteiger partial charge on any atom is 0.140 e. The predicted molar refractivity (Wildman–Crippen MR) is 77.9 cm³/mol. The SMILES string of the molecule is c1cncc(COc2cncc(N3CCNCC3)c2)c1. The van der Waals surface area contributed by atoms with Crippen LogP contribution in [0.2, 0.25) is 0 Å². The molecule has 20 heavy (non-hydrogen) atoms. The first-order valence-electron chi connectivity index (χ1n) is 6.84. The molecule has 1 aliphatic rings. The molecule has 2 aromatic rings. The Hall–Kier alpha value is -2.14. The van der Waals surface area contributed by atoms with Crippen molar-refractivity contribution in [1.82, 2.24) is 15.3 Å². The van der Waals surface area contributed by atoms with Crippen molar-refractivity contribution in [3.05, 3.63) is 48.5 Å². The lowest BCUT2D eigenvalue weighted by atomic mass is 10.3. The van der Waals surface area contributed by atoms with Gasteiger partial charge in [0.15, 0.2) is 0 Å². The van der Waals surface area contributed by atoms with E-state index < -0.39 is 0 Å². The van der Waals surface area contributed by atoms with E-state index in [1.165, 1.54) is 0 Å². The molecule has 0 amide bonds. The van der Waals surface area contributed by atoms with Gasteiger partial charge < -0.3 is 15.0 Å². The normalized spacial score (nSPS) is 15.1. The lowest BCUT2D eigenvalue weighted by Crippen LogP contribution is -2.43. The average molecular weight is 270 g/mol. The predicted octanol–water partition coefficient (Wildman–Crippen LogP) is 1.47. The smallest absolute Gasteiger partial charge is 0.140 e. The van der Waals surface area contributed by atoms with E-state index in [9.17, 15) is 0 Å². The second kappa shape index (κ2) is 6.34. The molecule has 0 unspecified atom stereocenters. The minimum absolute atomic E-state index is 0.514. The van der Waals surface area contributed by atoms with Crippen molar-refractivity contribution in [3.8, 4) is 5.75 Å². The summed E-state index contributed by atoms with van der Waals surface area (Å²) in [7, 11) is 0. The van der Waals surface area contributed by atoms with Crippen LogP contribution in [0.3, 0.4) is 0 Å². The molecule has 3 heterocycles. The zero-order valence-corrected chi connectivity index (χ0v) is 11.3. The third-order valence-corrected chi connectivity index (χ3v) is 3.31. The van der Waals surface area contributed by atoms with E-state index >= 15 is 0 Å². The van der Waals surface area contributed by atoms with E-state index in [0.717, 1.165) is 43.2 Å². The molecule has 1 fully saturated rings. The first kappa shape index (κ1) is 12.9. The lowest BCUT2D eigenvalue weighted by Gasteiger charge is -2.29. The number of aromatic nitrogens is 2. The molecule has 0 aliphatic carbocycles. The molecule has 1 aliphatic heterocycles. The summed E-state index contributed by atoms with van der Waals surface area (Å²) < 4.78 is 5.78. The molecular weight excluding hydrogens is 252 g/mol. The fourth-order valence-electron chi connectivity index (χ4n) is 2.23. The number of hydrogen-bond acceptors (Lipinski definition) is 5. The summed E-state index contributed by atoms with van der Waals surface area (Å²) in [5.41, 5.74) is 2.18. The maximum absolute atomic E-state index is 5.78. The van der Waals surface area contributed by atoms with Gasteiger partial charge in [0.1, 0.15) is 12.4 Å². The van der Waals surface area contributed by atoms with Gasteiger partial charge in [-0.15, -0.1) is 0 Å². The van der Waals surface area contributed by atoms with Crippen molar-refractivity contribution < 1.29 is 4.74 Å². The van der Waals surface area contributed by atoms with Crippen LogP contribution in [0.4, 0.5) is 5.69 Å². The molecular formula is C15H18N4O. The second-order valence-corrected chi connectivity index (χ2v) is 4.77. The fourth-order valence-corrected chi connectivity index (χ4v) is 2.23. The van der Waals surface area contributed by atoms with Crippen molar-refractivity contribution >= 4 is 5.69 Å². The number of pyridine rings is 2. The standard InChI is InChI=1S/C15H18N4O/c1-2-13(9-17-3-1)12-20-15-8-14(10-18-11-15)19-6-4-16-5-7-19/h1-3,8-11,16H,4-7,12H2. The van der Waals surface area contributed by atoms with E-state index in [2.05, 4.69) is 26.3 Å². The van der Waals surface area contributed by atoms with Crippen LogP contribution in [0, 0.1) is 0 Å². The summed E-state index contributed by atoms with van der Waals surface area (Å²) in [6, 6.07) is 5.96. The topological polar surface area (TPSA) is 50.3 Å². The number of ether oxygens (including phenoxy) is 1. The number of piperazine rings is 1. The quantitative estimate of drug-likeness (QED) is 0.911. The van der Waals surface area contributed by atoms with Crippen LogP contribution in [-0.4, -0.2) is 36.1 Å². The molecule has 0 atom stereocenters. The summed E-state index contributed by atoms with van der Waals surface area (Å²) in [4.78, 5) is 10.7. The highest BCUT2D eigenvalue weighted by molar-refractivity contribution is 5.48. The summed E-state index contributed by atoms with van der Waals surface area (Å²) >= 11 is 0. The van der Waals surface area contributed by atoms with Crippen molar-refractivity contribution in [2.45, 2.75) is 6.61 Å². The Kier molecular flexibility index (Phi) is 4.08. The Morgan fingerprint density at radius 3 is 2.85 bits per heavy atom. The van der Waals surface area contributed by atoms with Crippen molar-refractivity contribution in [1.29, 1.82) is 0 Å². The second-order valence-electron chi connectivity index (χ2n) is 4.77. The molecule has 1 saturated heterocycles. The Morgan fingerprint density at radius 1 is 1.15 bits per heavy atom. The fraction of sp³-hybridized carbons (Fsp3) is 0.333. The number of rotatable bonds is 4. The monoisotopic (exact) mass is 270 g/mol. The van der Waals surface area contributed by atoms with E-state index in [1.54, 1.807) is 12.4 Å². The van der Waals surface area contributed by atoms with E-state index in [1.807, 2.05) is 24.5 Å². The van der Waals surface area contributed by atoms with Gasteiger partial charge in [0.2, 0.25) is 0 Å². The number of nitrogens with zero attached hydrogens (tertiary/aromatic N) is 3. The minimum atomic E-state index is 0.514. The van der Waals surface area contributed by atoms with E-state index in [0.29, 0.717) is 6.61 Å². The van der Waals surface area contributed by atoms with Gasteiger partial charge in [-0.05, 0) is 6.07 Å². The molecule has 0 radical (unpaired) electrons. The molecule has 0 saturated carbocycles. The molecule has 1 N–H and O–H groups in total. The van der Waals surface area contributed by atoms with Crippen LogP contribution in [0.5, 0.6) is 5.75 Å². The first-order valence-corrected chi connectivity index (χ1v) is 6.84. The molecule has 5 nitrogen and oxygen atoms in total. The van der Waals surface area contributed by atoms with Crippen LogP contribution < -0.4 is 15.0 Å². The average Bonchev–Trinajstić information content (AvgIpc) is 2.55. The number of nitrogens with one attached hydrogen (secondary N) is 1. The van der Waals surface area contributed by atoms with Gasteiger partial charge in [0, 0.05) is 50.2 Å². The van der Waals surface area contributed by atoms with Crippen LogP contribution in [0.1, 0.15) is 5.56 Å². The summed E-state index contributed by atoms with van der Waals surface area (Å²) in [5.74, 6) is 0.796.